The molecule has 0 spiro atoms. The van der Waals surface area contributed by atoms with Crippen LogP contribution >= 0.6 is 0 Å². The van der Waals surface area contributed by atoms with Gasteiger partial charge in [0.05, 0.1) is 5.56 Å². The van der Waals surface area contributed by atoms with Crippen LogP contribution in [0.5, 0.6) is 0 Å². The summed E-state index contributed by atoms with van der Waals surface area (Å²) in [7, 11) is 0. The average Bonchev–Trinajstić information content (AvgIpc) is 2.28. The van der Waals surface area contributed by atoms with E-state index >= 15 is 0 Å². The molecule has 6 nitrogen and oxygen atoms in total. The number of amides is 1. The number of hydrogen-bond acceptors (Lipinski definition) is 4. The lowest BCUT2D eigenvalue weighted by Crippen LogP contribution is -2.27. The number of alkyl halides is 3. The highest BCUT2D eigenvalue weighted by molar-refractivity contribution is 5.94. The number of aromatic carboxylic acids is 1. The number of carbonyl (C=O) groups excluding carboxylic acids is 1. The summed E-state index contributed by atoms with van der Waals surface area (Å²) in [6.45, 7) is -2.14. The van der Waals surface area contributed by atoms with Gasteiger partial charge in [0.2, 0.25) is 5.82 Å². The Balaban J connectivity index is 3.46. The zero-order valence-corrected chi connectivity index (χ0v) is 8.15. The molecule has 1 amide bonds. The Morgan fingerprint density at radius 1 is 1.47 bits per heavy atom. The number of rotatable bonds is 4. The molecule has 0 aliphatic rings. The highest BCUT2D eigenvalue weighted by Gasteiger charge is 2.38. The van der Waals surface area contributed by atoms with Crippen molar-refractivity contribution in [1.29, 1.82) is 0 Å². The van der Waals surface area contributed by atoms with Crippen molar-refractivity contribution in [3.05, 3.63) is 23.3 Å². The van der Waals surface area contributed by atoms with Crippen LogP contribution in [-0.4, -0.2) is 33.6 Å². The standard InChI is InChI=1S/C8H6F3N3O3/c9-2-8(10,11)4-3(5(12)15)1-13-6(14-4)7(16)17/h1H,2H2,(H2,12,15)(H,16,17). The van der Waals surface area contributed by atoms with E-state index < -0.39 is 41.6 Å². The molecule has 0 aliphatic carbocycles. The fraction of sp³-hybridized carbons (Fsp3) is 0.250. The minimum atomic E-state index is -4.10. The molecule has 0 aliphatic heterocycles. The first kappa shape index (κ1) is 12.9. The predicted molar refractivity (Wildman–Crippen MR) is 47.4 cm³/mol. The van der Waals surface area contributed by atoms with Gasteiger partial charge in [-0.25, -0.2) is 19.2 Å². The minimum absolute atomic E-state index is 0.525. The van der Waals surface area contributed by atoms with Crippen molar-refractivity contribution in [2.24, 2.45) is 5.73 Å². The minimum Gasteiger partial charge on any atom is -0.475 e. The van der Waals surface area contributed by atoms with Gasteiger partial charge in [-0.2, -0.15) is 8.78 Å². The van der Waals surface area contributed by atoms with Crippen LogP contribution in [0.3, 0.4) is 0 Å². The van der Waals surface area contributed by atoms with E-state index in [4.69, 9.17) is 10.8 Å². The van der Waals surface area contributed by atoms with Crippen LogP contribution in [0.1, 0.15) is 26.7 Å². The first-order valence-corrected chi connectivity index (χ1v) is 4.14. The van der Waals surface area contributed by atoms with Crippen molar-refractivity contribution < 1.29 is 27.9 Å². The molecule has 0 saturated carbocycles. The summed E-state index contributed by atoms with van der Waals surface area (Å²) < 4.78 is 38.3. The molecular formula is C8H6F3N3O3. The molecule has 1 aromatic rings. The van der Waals surface area contributed by atoms with E-state index in [0.717, 1.165) is 0 Å². The molecule has 0 atom stereocenters. The number of carboxylic acids is 1. The zero-order valence-electron chi connectivity index (χ0n) is 8.15. The molecule has 3 N–H and O–H groups in total. The Morgan fingerprint density at radius 3 is 2.47 bits per heavy atom. The third-order valence-electron chi connectivity index (χ3n) is 1.76. The molecule has 1 aromatic heterocycles. The van der Waals surface area contributed by atoms with Gasteiger partial charge >= 0.3 is 11.9 Å². The summed E-state index contributed by atoms with van der Waals surface area (Å²) in [5.41, 5.74) is 2.61. The van der Waals surface area contributed by atoms with Gasteiger partial charge in [-0.3, -0.25) is 4.79 Å². The number of halogens is 3. The molecule has 0 unspecified atom stereocenters. The predicted octanol–water partition coefficient (Wildman–Crippen LogP) is 0.335. The van der Waals surface area contributed by atoms with Gasteiger partial charge in [0.15, 0.2) is 6.67 Å². The lowest BCUT2D eigenvalue weighted by molar-refractivity contribution is -0.0330. The number of nitrogens with two attached hydrogens (primary N) is 1. The summed E-state index contributed by atoms with van der Waals surface area (Å²) in [6, 6.07) is 0. The molecule has 1 heterocycles. The maximum absolute atomic E-state index is 13.1. The van der Waals surface area contributed by atoms with Gasteiger partial charge in [0.1, 0.15) is 5.69 Å². The molecule has 0 saturated heterocycles. The first-order chi connectivity index (χ1) is 7.79. The second kappa shape index (κ2) is 4.36. The van der Waals surface area contributed by atoms with E-state index in [-0.39, 0.29) is 0 Å². The highest BCUT2D eigenvalue weighted by Crippen LogP contribution is 2.29. The molecule has 92 valence electrons. The van der Waals surface area contributed by atoms with Crippen molar-refractivity contribution in [2.45, 2.75) is 5.92 Å². The average molecular weight is 249 g/mol. The van der Waals surface area contributed by atoms with E-state index in [9.17, 15) is 22.8 Å². The SMILES string of the molecule is NC(=O)c1cnc(C(=O)O)nc1C(F)(F)CF. The number of nitrogens with zero attached hydrogens (tertiary/aromatic N) is 2. The van der Waals surface area contributed by atoms with Crippen molar-refractivity contribution in [1.82, 2.24) is 9.97 Å². The fourth-order valence-electron chi connectivity index (χ4n) is 1.01. The topological polar surface area (TPSA) is 106 Å². The van der Waals surface area contributed by atoms with Gasteiger partial charge in [0.25, 0.3) is 5.91 Å². The number of carboxylic acid groups (broad SMARTS) is 1. The van der Waals surface area contributed by atoms with E-state index in [0.29, 0.717) is 6.20 Å². The van der Waals surface area contributed by atoms with Gasteiger partial charge in [-0.1, -0.05) is 0 Å². The van der Waals surface area contributed by atoms with Crippen LogP contribution in [0.15, 0.2) is 6.20 Å². The van der Waals surface area contributed by atoms with E-state index in [1.807, 2.05) is 0 Å². The lowest BCUT2D eigenvalue weighted by Gasteiger charge is -2.14. The fourth-order valence-corrected chi connectivity index (χ4v) is 1.01. The molecule has 0 aromatic carbocycles. The normalized spacial score (nSPS) is 11.2. The third kappa shape index (κ3) is 2.49. The summed E-state index contributed by atoms with van der Waals surface area (Å²) in [6.07, 6.45) is 0.525. The first-order valence-electron chi connectivity index (χ1n) is 4.14. The van der Waals surface area contributed by atoms with Crippen LogP contribution in [0, 0.1) is 0 Å². The van der Waals surface area contributed by atoms with Crippen molar-refractivity contribution >= 4 is 11.9 Å². The summed E-state index contributed by atoms with van der Waals surface area (Å²) >= 11 is 0. The number of primary amides is 1. The number of aromatic nitrogens is 2. The summed E-state index contributed by atoms with van der Waals surface area (Å²) in [4.78, 5) is 27.3. The second-order valence-electron chi connectivity index (χ2n) is 2.96. The van der Waals surface area contributed by atoms with Gasteiger partial charge in [-0.05, 0) is 0 Å². The van der Waals surface area contributed by atoms with Crippen molar-refractivity contribution in [3.8, 4) is 0 Å². The van der Waals surface area contributed by atoms with Crippen molar-refractivity contribution in [2.75, 3.05) is 6.67 Å². The van der Waals surface area contributed by atoms with Crippen LogP contribution in [0.2, 0.25) is 0 Å². The molecular weight excluding hydrogens is 243 g/mol. The van der Waals surface area contributed by atoms with E-state index in [2.05, 4.69) is 9.97 Å². The molecule has 1 rings (SSSR count). The summed E-state index contributed by atoms with van der Waals surface area (Å²) in [5.74, 6) is -8.06. The van der Waals surface area contributed by atoms with Crippen LogP contribution in [0.4, 0.5) is 13.2 Å². The highest BCUT2D eigenvalue weighted by atomic mass is 19.3. The Kier molecular flexibility index (Phi) is 3.30. The second-order valence-corrected chi connectivity index (χ2v) is 2.96. The maximum atomic E-state index is 13.1. The van der Waals surface area contributed by atoms with Gasteiger partial charge < -0.3 is 10.8 Å². The van der Waals surface area contributed by atoms with Gasteiger partial charge in [-0.15, -0.1) is 0 Å². The smallest absolute Gasteiger partial charge is 0.373 e. The number of hydrogen-bond donors (Lipinski definition) is 2. The van der Waals surface area contributed by atoms with Crippen LogP contribution < -0.4 is 5.73 Å². The van der Waals surface area contributed by atoms with Gasteiger partial charge in [0, 0.05) is 6.20 Å². The van der Waals surface area contributed by atoms with E-state index in [1.165, 1.54) is 0 Å². The largest absolute Gasteiger partial charge is 0.475 e. The van der Waals surface area contributed by atoms with E-state index in [1.54, 1.807) is 0 Å². The van der Waals surface area contributed by atoms with Crippen LogP contribution in [-0.2, 0) is 5.92 Å². The Hall–Kier alpha value is -2.19. The Labute approximate surface area is 92.3 Å². The summed E-state index contributed by atoms with van der Waals surface area (Å²) in [5, 5.41) is 8.50. The third-order valence-corrected chi connectivity index (χ3v) is 1.76. The molecule has 0 radical (unpaired) electrons. The zero-order chi connectivity index (χ0) is 13.2. The quantitative estimate of drug-likeness (QED) is 0.799. The monoisotopic (exact) mass is 249 g/mol. The van der Waals surface area contributed by atoms with Crippen molar-refractivity contribution in [3.63, 3.8) is 0 Å². The maximum Gasteiger partial charge on any atom is 0.373 e. The Morgan fingerprint density at radius 2 is 2.06 bits per heavy atom. The Bertz CT molecular complexity index is 478. The molecule has 0 fully saturated rings. The molecule has 9 heteroatoms. The van der Waals surface area contributed by atoms with Crippen LogP contribution in [0.25, 0.3) is 0 Å². The number of carbonyl (C=O) groups is 2. The molecule has 17 heavy (non-hydrogen) atoms. The lowest BCUT2D eigenvalue weighted by atomic mass is 10.1. The molecule has 0 bridgehead atoms.